The zero-order chi connectivity index (χ0) is 17.3. The summed E-state index contributed by atoms with van der Waals surface area (Å²) in [6.45, 7) is 0.725. The Kier molecular flexibility index (Phi) is 4.78. The average Bonchev–Trinajstić information content (AvgIpc) is 3.00. The van der Waals surface area contributed by atoms with Crippen LogP contribution in [0.2, 0.25) is 0 Å². The number of anilines is 1. The molecule has 0 aromatic carbocycles. The number of methoxy groups -OCH3 is 2. The molecular formula is C18H27N3O3. The molecule has 6 nitrogen and oxygen atoms in total. The highest BCUT2D eigenvalue weighted by Gasteiger charge is 2.52. The number of nitrogens with zero attached hydrogens (tertiary/aromatic N) is 3. The van der Waals surface area contributed by atoms with Crippen LogP contribution in [0.4, 0.5) is 5.82 Å². The van der Waals surface area contributed by atoms with Crippen LogP contribution < -0.4 is 4.90 Å². The molecule has 1 aromatic rings. The fourth-order valence-corrected chi connectivity index (χ4v) is 4.06. The van der Waals surface area contributed by atoms with Crippen molar-refractivity contribution in [2.45, 2.75) is 43.4 Å². The molecule has 2 heterocycles. The van der Waals surface area contributed by atoms with Gasteiger partial charge in [0.1, 0.15) is 5.82 Å². The summed E-state index contributed by atoms with van der Waals surface area (Å²) in [5.41, 5.74) is 0.411. The lowest BCUT2D eigenvalue weighted by Crippen LogP contribution is -2.53. The summed E-state index contributed by atoms with van der Waals surface area (Å²) in [7, 11) is 7.38. The van der Waals surface area contributed by atoms with E-state index in [1.165, 1.54) is 0 Å². The number of hydrogen-bond donors (Lipinski definition) is 0. The molecule has 1 amide bonds. The van der Waals surface area contributed by atoms with Gasteiger partial charge in [-0.25, -0.2) is 4.98 Å². The van der Waals surface area contributed by atoms with E-state index in [-0.39, 0.29) is 23.7 Å². The van der Waals surface area contributed by atoms with E-state index >= 15 is 0 Å². The number of hydrogen-bond acceptors (Lipinski definition) is 5. The number of likely N-dealkylation sites (tertiary alicyclic amines) is 1. The highest BCUT2D eigenvalue weighted by atomic mass is 16.5. The Morgan fingerprint density at radius 1 is 1.33 bits per heavy atom. The molecule has 6 heteroatoms. The highest BCUT2D eigenvalue weighted by Crippen LogP contribution is 2.43. The Hall–Kier alpha value is -1.66. The van der Waals surface area contributed by atoms with Crippen molar-refractivity contribution in [2.75, 3.05) is 39.8 Å². The van der Waals surface area contributed by atoms with E-state index in [1.807, 2.05) is 36.0 Å². The molecule has 2 aliphatic rings. The van der Waals surface area contributed by atoms with Crippen molar-refractivity contribution in [1.82, 2.24) is 9.88 Å². The molecule has 2 fully saturated rings. The summed E-state index contributed by atoms with van der Waals surface area (Å²) < 4.78 is 11.4. The SMILES string of the molecule is CO[C@@H]1CC[C@@]2(OC)CCN(C(=O)c3ccc(N(C)C)nc3)[C@H]2C1. The molecule has 3 atom stereocenters. The van der Waals surface area contributed by atoms with Gasteiger partial charge in [-0.15, -0.1) is 0 Å². The van der Waals surface area contributed by atoms with Crippen molar-refractivity contribution in [3.63, 3.8) is 0 Å². The quantitative estimate of drug-likeness (QED) is 0.843. The van der Waals surface area contributed by atoms with Crippen LogP contribution in [-0.4, -0.2) is 68.4 Å². The molecule has 0 radical (unpaired) electrons. The van der Waals surface area contributed by atoms with Crippen molar-refractivity contribution in [2.24, 2.45) is 0 Å². The van der Waals surface area contributed by atoms with Crippen LogP contribution in [-0.2, 0) is 9.47 Å². The monoisotopic (exact) mass is 333 g/mol. The number of carbonyl (C=O) groups excluding carboxylic acids is 1. The van der Waals surface area contributed by atoms with Gasteiger partial charge in [0.05, 0.1) is 23.3 Å². The summed E-state index contributed by atoms with van der Waals surface area (Å²) >= 11 is 0. The van der Waals surface area contributed by atoms with Gasteiger partial charge in [-0.2, -0.15) is 0 Å². The molecule has 0 spiro atoms. The average molecular weight is 333 g/mol. The fourth-order valence-electron chi connectivity index (χ4n) is 4.06. The van der Waals surface area contributed by atoms with E-state index in [4.69, 9.17) is 9.47 Å². The zero-order valence-electron chi connectivity index (χ0n) is 15.0. The van der Waals surface area contributed by atoms with E-state index in [0.717, 1.165) is 38.0 Å². The van der Waals surface area contributed by atoms with Crippen LogP contribution in [0, 0.1) is 0 Å². The lowest BCUT2D eigenvalue weighted by Gasteiger charge is -2.43. The molecular weight excluding hydrogens is 306 g/mol. The van der Waals surface area contributed by atoms with E-state index in [9.17, 15) is 4.79 Å². The molecule has 0 N–H and O–H groups in total. The number of aromatic nitrogens is 1. The maximum Gasteiger partial charge on any atom is 0.255 e. The lowest BCUT2D eigenvalue weighted by atomic mass is 9.79. The molecule has 0 bridgehead atoms. The van der Waals surface area contributed by atoms with Gasteiger partial charge in [0.15, 0.2) is 0 Å². The Balaban J connectivity index is 1.81. The first-order chi connectivity index (χ1) is 11.5. The summed E-state index contributed by atoms with van der Waals surface area (Å²) in [5, 5.41) is 0. The topological polar surface area (TPSA) is 54.9 Å². The largest absolute Gasteiger partial charge is 0.381 e. The van der Waals surface area contributed by atoms with Gasteiger partial charge in [0, 0.05) is 41.1 Å². The van der Waals surface area contributed by atoms with Crippen molar-refractivity contribution in [3.05, 3.63) is 23.9 Å². The van der Waals surface area contributed by atoms with Gasteiger partial charge < -0.3 is 19.3 Å². The van der Waals surface area contributed by atoms with E-state index in [2.05, 4.69) is 4.98 Å². The minimum atomic E-state index is -0.221. The third-order valence-electron chi connectivity index (χ3n) is 5.59. The van der Waals surface area contributed by atoms with Crippen LogP contribution in [0.25, 0.3) is 0 Å². The van der Waals surface area contributed by atoms with Crippen molar-refractivity contribution >= 4 is 11.7 Å². The lowest BCUT2D eigenvalue weighted by molar-refractivity contribution is -0.0893. The summed E-state index contributed by atoms with van der Waals surface area (Å²) in [5.74, 6) is 0.879. The third-order valence-corrected chi connectivity index (χ3v) is 5.59. The summed E-state index contributed by atoms with van der Waals surface area (Å²) in [6, 6.07) is 3.81. The minimum Gasteiger partial charge on any atom is -0.381 e. The molecule has 1 saturated heterocycles. The van der Waals surface area contributed by atoms with Gasteiger partial charge in [-0.05, 0) is 37.8 Å². The van der Waals surface area contributed by atoms with Gasteiger partial charge in [0.25, 0.3) is 5.91 Å². The molecule has 132 valence electrons. The Labute approximate surface area is 143 Å². The highest BCUT2D eigenvalue weighted by molar-refractivity contribution is 5.94. The predicted molar refractivity (Wildman–Crippen MR) is 92.4 cm³/mol. The van der Waals surface area contributed by atoms with Gasteiger partial charge in [0.2, 0.25) is 0 Å². The normalized spacial score (nSPS) is 29.4. The van der Waals surface area contributed by atoms with Crippen LogP contribution in [0.3, 0.4) is 0 Å². The van der Waals surface area contributed by atoms with Crippen LogP contribution in [0.15, 0.2) is 18.3 Å². The van der Waals surface area contributed by atoms with Gasteiger partial charge in [-0.1, -0.05) is 0 Å². The Morgan fingerprint density at radius 2 is 2.12 bits per heavy atom. The molecule has 1 aromatic heterocycles. The standard InChI is InChI=1S/C18H27N3O3/c1-20(2)16-6-5-13(12-19-16)17(22)21-10-9-18(24-4)8-7-14(23-3)11-15(18)21/h5-6,12,14-15H,7-11H2,1-4H3/t14-,15+,18-/m1/s1. The molecule has 0 unspecified atom stereocenters. The van der Waals surface area contributed by atoms with Gasteiger partial charge >= 0.3 is 0 Å². The third kappa shape index (κ3) is 2.89. The zero-order valence-corrected chi connectivity index (χ0v) is 15.0. The molecule has 1 aliphatic heterocycles. The number of amides is 1. The second-order valence-electron chi connectivity index (χ2n) is 6.96. The van der Waals surface area contributed by atoms with Crippen LogP contribution >= 0.6 is 0 Å². The summed E-state index contributed by atoms with van der Waals surface area (Å²) in [4.78, 5) is 21.3. The smallest absolute Gasteiger partial charge is 0.255 e. The van der Waals surface area contributed by atoms with E-state index in [0.29, 0.717) is 5.56 Å². The van der Waals surface area contributed by atoms with E-state index < -0.39 is 0 Å². The summed E-state index contributed by atoms with van der Waals surface area (Å²) in [6.07, 6.45) is 5.51. The molecule has 1 aliphatic carbocycles. The number of ether oxygens (including phenoxy) is 2. The van der Waals surface area contributed by atoms with Crippen molar-refractivity contribution in [1.29, 1.82) is 0 Å². The second kappa shape index (κ2) is 6.69. The first-order valence-electron chi connectivity index (χ1n) is 8.53. The van der Waals surface area contributed by atoms with Crippen molar-refractivity contribution < 1.29 is 14.3 Å². The number of fused-ring (bicyclic) bond motifs is 1. The number of rotatable bonds is 4. The maximum absolute atomic E-state index is 13.0. The molecule has 1 saturated carbocycles. The van der Waals surface area contributed by atoms with E-state index in [1.54, 1.807) is 20.4 Å². The second-order valence-corrected chi connectivity index (χ2v) is 6.96. The minimum absolute atomic E-state index is 0.0356. The maximum atomic E-state index is 13.0. The number of carbonyl (C=O) groups is 1. The van der Waals surface area contributed by atoms with Gasteiger partial charge in [-0.3, -0.25) is 4.79 Å². The van der Waals surface area contributed by atoms with Crippen LogP contribution in [0.5, 0.6) is 0 Å². The van der Waals surface area contributed by atoms with Crippen LogP contribution in [0.1, 0.15) is 36.0 Å². The first kappa shape index (κ1) is 17.2. The number of pyridine rings is 1. The van der Waals surface area contributed by atoms with Crippen molar-refractivity contribution in [3.8, 4) is 0 Å². The molecule has 24 heavy (non-hydrogen) atoms. The molecule has 3 rings (SSSR count). The predicted octanol–water partition coefficient (Wildman–Crippen LogP) is 1.95. The Morgan fingerprint density at radius 3 is 2.71 bits per heavy atom. The fraction of sp³-hybridized carbons (Fsp3) is 0.667. The first-order valence-corrected chi connectivity index (χ1v) is 8.53. The Bertz CT molecular complexity index is 590.